The maximum Gasteiger partial charge on any atom is 0.141 e. The topological polar surface area (TPSA) is 35.2 Å². The van der Waals surface area contributed by atoms with E-state index >= 15 is 0 Å². The van der Waals surface area contributed by atoms with Crippen LogP contribution >= 0.6 is 11.6 Å². The van der Waals surface area contributed by atoms with Crippen molar-refractivity contribution in [2.24, 2.45) is 11.7 Å². The molecule has 17 heavy (non-hydrogen) atoms. The fourth-order valence-corrected chi connectivity index (χ4v) is 2.53. The minimum atomic E-state index is -0.392. The van der Waals surface area contributed by atoms with Crippen molar-refractivity contribution < 1.29 is 9.13 Å². The van der Waals surface area contributed by atoms with E-state index in [1.165, 1.54) is 12.5 Å². The normalized spacial score (nSPS) is 24.2. The molecule has 0 aliphatic heterocycles. The lowest BCUT2D eigenvalue weighted by Gasteiger charge is -2.18. The van der Waals surface area contributed by atoms with Gasteiger partial charge in [0, 0.05) is 0 Å². The summed E-state index contributed by atoms with van der Waals surface area (Å²) in [5, 5.41) is 0.146. The van der Waals surface area contributed by atoms with E-state index < -0.39 is 5.82 Å². The number of hydrogen-bond acceptors (Lipinski definition) is 2. The molecular formula is C13H17ClFNO. The summed E-state index contributed by atoms with van der Waals surface area (Å²) < 4.78 is 18.8. The first-order valence-electron chi connectivity index (χ1n) is 5.96. The Morgan fingerprint density at radius 2 is 2.24 bits per heavy atom. The van der Waals surface area contributed by atoms with Crippen molar-refractivity contribution in [3.05, 3.63) is 34.6 Å². The molecule has 0 heterocycles. The minimum absolute atomic E-state index is 0.146. The molecule has 2 atom stereocenters. The van der Waals surface area contributed by atoms with E-state index in [1.807, 2.05) is 0 Å². The van der Waals surface area contributed by atoms with Crippen LogP contribution in [0.3, 0.4) is 0 Å². The van der Waals surface area contributed by atoms with Crippen molar-refractivity contribution >= 4 is 11.6 Å². The first kappa shape index (κ1) is 12.8. The second-order valence-electron chi connectivity index (χ2n) is 4.52. The highest BCUT2D eigenvalue weighted by molar-refractivity contribution is 6.30. The Labute approximate surface area is 106 Å². The summed E-state index contributed by atoms with van der Waals surface area (Å²) in [5.41, 5.74) is 6.59. The maximum atomic E-state index is 13.0. The summed E-state index contributed by atoms with van der Waals surface area (Å²) in [7, 11) is 0. The highest BCUT2D eigenvalue weighted by atomic mass is 35.5. The third kappa shape index (κ3) is 3.18. The number of ether oxygens (including phenoxy) is 1. The smallest absolute Gasteiger partial charge is 0.141 e. The molecule has 1 aromatic carbocycles. The van der Waals surface area contributed by atoms with E-state index in [2.05, 4.69) is 0 Å². The number of halogens is 2. The molecule has 2 rings (SSSR count). The van der Waals surface area contributed by atoms with Gasteiger partial charge < -0.3 is 10.5 Å². The van der Waals surface area contributed by atoms with Gasteiger partial charge >= 0.3 is 0 Å². The van der Waals surface area contributed by atoms with E-state index in [4.69, 9.17) is 22.1 Å². The third-order valence-electron chi connectivity index (χ3n) is 3.34. The van der Waals surface area contributed by atoms with Crippen LogP contribution in [0.25, 0.3) is 0 Å². The Morgan fingerprint density at radius 1 is 1.41 bits per heavy atom. The van der Waals surface area contributed by atoms with Gasteiger partial charge in [0.1, 0.15) is 5.82 Å². The zero-order chi connectivity index (χ0) is 12.3. The molecule has 2 unspecified atom stereocenters. The van der Waals surface area contributed by atoms with Gasteiger partial charge in [-0.3, -0.25) is 0 Å². The van der Waals surface area contributed by atoms with Gasteiger partial charge in [0.05, 0.1) is 17.7 Å². The van der Waals surface area contributed by atoms with Crippen molar-refractivity contribution in [1.82, 2.24) is 0 Å². The Morgan fingerprint density at radius 3 is 2.94 bits per heavy atom. The van der Waals surface area contributed by atoms with Gasteiger partial charge in [-0.05, 0) is 43.0 Å². The molecule has 0 radical (unpaired) electrons. The molecular weight excluding hydrogens is 241 g/mol. The molecule has 1 saturated carbocycles. The van der Waals surface area contributed by atoms with Gasteiger partial charge in [-0.15, -0.1) is 0 Å². The second kappa shape index (κ2) is 5.80. The van der Waals surface area contributed by atoms with Crippen LogP contribution in [0.15, 0.2) is 18.2 Å². The SMILES string of the molecule is NCC1CCCC1OCc1ccc(F)c(Cl)c1. The number of hydrogen-bond donors (Lipinski definition) is 1. The van der Waals surface area contributed by atoms with E-state index in [9.17, 15) is 4.39 Å². The number of nitrogens with two attached hydrogens (primary N) is 1. The zero-order valence-electron chi connectivity index (χ0n) is 9.66. The molecule has 0 spiro atoms. The maximum absolute atomic E-state index is 13.0. The molecule has 0 bridgehead atoms. The van der Waals surface area contributed by atoms with Gasteiger partial charge in [0.2, 0.25) is 0 Å². The van der Waals surface area contributed by atoms with E-state index in [-0.39, 0.29) is 11.1 Å². The first-order chi connectivity index (χ1) is 8.20. The Bertz CT molecular complexity index is 386. The summed E-state index contributed by atoms with van der Waals surface area (Å²) >= 11 is 5.71. The number of benzene rings is 1. The van der Waals surface area contributed by atoms with Crippen LogP contribution in [0.1, 0.15) is 24.8 Å². The van der Waals surface area contributed by atoms with Crippen molar-refractivity contribution in [1.29, 1.82) is 0 Å². The van der Waals surface area contributed by atoms with E-state index in [0.29, 0.717) is 19.1 Å². The Kier molecular flexibility index (Phi) is 4.37. The summed E-state index contributed by atoms with van der Waals surface area (Å²) in [4.78, 5) is 0. The Balaban J connectivity index is 1.91. The second-order valence-corrected chi connectivity index (χ2v) is 4.93. The van der Waals surface area contributed by atoms with Crippen LogP contribution in [-0.4, -0.2) is 12.6 Å². The quantitative estimate of drug-likeness (QED) is 0.900. The molecule has 4 heteroatoms. The van der Waals surface area contributed by atoms with Crippen molar-refractivity contribution in [3.63, 3.8) is 0 Å². The summed E-state index contributed by atoms with van der Waals surface area (Å²) in [6.45, 7) is 1.15. The van der Waals surface area contributed by atoms with Crippen molar-refractivity contribution in [2.75, 3.05) is 6.54 Å². The van der Waals surface area contributed by atoms with E-state index in [1.54, 1.807) is 12.1 Å². The minimum Gasteiger partial charge on any atom is -0.373 e. The van der Waals surface area contributed by atoms with Gasteiger partial charge in [-0.2, -0.15) is 0 Å². The van der Waals surface area contributed by atoms with Gasteiger partial charge in [-0.1, -0.05) is 24.1 Å². The van der Waals surface area contributed by atoms with Crippen LogP contribution < -0.4 is 5.73 Å². The third-order valence-corrected chi connectivity index (χ3v) is 3.63. The number of rotatable bonds is 4. The average molecular weight is 258 g/mol. The van der Waals surface area contributed by atoms with Crippen LogP contribution in [0, 0.1) is 11.7 Å². The first-order valence-corrected chi connectivity index (χ1v) is 6.34. The lowest BCUT2D eigenvalue weighted by atomic mass is 10.1. The highest BCUT2D eigenvalue weighted by Crippen LogP contribution is 2.28. The van der Waals surface area contributed by atoms with Crippen LogP contribution in [0.4, 0.5) is 4.39 Å². The summed E-state index contributed by atoms with van der Waals surface area (Å²) in [6.07, 6.45) is 3.63. The zero-order valence-corrected chi connectivity index (χ0v) is 10.4. The molecule has 1 fully saturated rings. The van der Waals surface area contributed by atoms with Crippen molar-refractivity contribution in [3.8, 4) is 0 Å². The van der Waals surface area contributed by atoms with Gasteiger partial charge in [0.25, 0.3) is 0 Å². The summed E-state index contributed by atoms with van der Waals surface area (Å²) in [5.74, 6) is 0.0713. The van der Waals surface area contributed by atoms with E-state index in [0.717, 1.165) is 18.4 Å². The molecule has 0 aromatic heterocycles. The van der Waals surface area contributed by atoms with Gasteiger partial charge in [-0.25, -0.2) is 4.39 Å². The molecule has 2 N–H and O–H groups in total. The molecule has 1 aliphatic carbocycles. The molecule has 0 amide bonds. The largest absolute Gasteiger partial charge is 0.373 e. The fourth-order valence-electron chi connectivity index (χ4n) is 2.32. The lowest BCUT2D eigenvalue weighted by molar-refractivity contribution is 0.0182. The van der Waals surface area contributed by atoms with Crippen LogP contribution in [0.2, 0.25) is 5.02 Å². The fraction of sp³-hybridized carbons (Fsp3) is 0.538. The molecule has 1 aliphatic rings. The van der Waals surface area contributed by atoms with Crippen LogP contribution in [0.5, 0.6) is 0 Å². The Hall–Kier alpha value is -0.640. The highest BCUT2D eigenvalue weighted by Gasteiger charge is 2.26. The predicted molar refractivity (Wildman–Crippen MR) is 66.4 cm³/mol. The van der Waals surface area contributed by atoms with Crippen molar-refractivity contribution in [2.45, 2.75) is 32.0 Å². The average Bonchev–Trinajstić information content (AvgIpc) is 2.78. The monoisotopic (exact) mass is 257 g/mol. The summed E-state index contributed by atoms with van der Waals surface area (Å²) in [6, 6.07) is 4.69. The standard InChI is InChI=1S/C13H17ClFNO/c14-11-6-9(4-5-12(11)15)8-17-13-3-1-2-10(13)7-16/h4-6,10,13H,1-3,7-8,16H2. The molecule has 94 valence electrons. The molecule has 1 aromatic rings. The predicted octanol–water partition coefficient (Wildman–Crippen LogP) is 3.12. The van der Waals surface area contributed by atoms with Gasteiger partial charge in [0.15, 0.2) is 0 Å². The molecule has 2 nitrogen and oxygen atoms in total. The van der Waals surface area contributed by atoms with Crippen LogP contribution in [-0.2, 0) is 11.3 Å². The lowest BCUT2D eigenvalue weighted by Crippen LogP contribution is -2.25. The molecule has 0 saturated heterocycles.